The van der Waals surface area contributed by atoms with E-state index in [-0.39, 0.29) is 5.97 Å². The van der Waals surface area contributed by atoms with Crippen molar-refractivity contribution < 1.29 is 9.53 Å². The molecule has 0 N–H and O–H groups in total. The van der Waals surface area contributed by atoms with Gasteiger partial charge in [0, 0.05) is 11.8 Å². The first-order valence-electron chi connectivity index (χ1n) is 7.02. The average molecular weight is 307 g/mol. The van der Waals surface area contributed by atoms with Crippen LogP contribution >= 0.6 is 15.9 Å². The van der Waals surface area contributed by atoms with E-state index in [0.29, 0.717) is 13.0 Å². The van der Waals surface area contributed by atoms with Crippen molar-refractivity contribution >= 4 is 21.9 Å². The van der Waals surface area contributed by atoms with Gasteiger partial charge >= 0.3 is 5.97 Å². The molecule has 0 aliphatic carbocycles. The smallest absolute Gasteiger partial charge is 0.305 e. The van der Waals surface area contributed by atoms with Gasteiger partial charge in [0.15, 0.2) is 0 Å². The summed E-state index contributed by atoms with van der Waals surface area (Å²) in [6.45, 7) is 2.81. The minimum atomic E-state index is -0.0120. The van der Waals surface area contributed by atoms with Gasteiger partial charge in [0.1, 0.15) is 0 Å². The first kappa shape index (κ1) is 16.9. The molecule has 0 amide bonds. The average Bonchev–Trinajstić information content (AvgIpc) is 2.33. The number of rotatable bonds is 12. The molecule has 0 heterocycles. The van der Waals surface area contributed by atoms with Crippen molar-refractivity contribution in [1.29, 1.82) is 0 Å². The van der Waals surface area contributed by atoms with E-state index in [9.17, 15) is 4.79 Å². The van der Waals surface area contributed by atoms with Gasteiger partial charge in [-0.3, -0.25) is 4.79 Å². The van der Waals surface area contributed by atoms with E-state index in [0.717, 1.165) is 31.0 Å². The summed E-state index contributed by atoms with van der Waals surface area (Å²) in [5.74, 6) is -0.0120. The lowest BCUT2D eigenvalue weighted by Gasteiger charge is -2.04. The second-order valence-electron chi connectivity index (χ2n) is 4.49. The highest BCUT2D eigenvalue weighted by Crippen LogP contribution is 2.06. The lowest BCUT2D eigenvalue weighted by molar-refractivity contribution is -0.143. The van der Waals surface area contributed by atoms with Crippen molar-refractivity contribution in [3.05, 3.63) is 0 Å². The molecule has 0 aromatic rings. The van der Waals surface area contributed by atoms with Crippen LogP contribution in [0.5, 0.6) is 0 Å². The zero-order valence-corrected chi connectivity index (χ0v) is 12.8. The third-order valence-electron chi connectivity index (χ3n) is 2.78. The molecule has 102 valence electrons. The molecule has 17 heavy (non-hydrogen) atoms. The first-order chi connectivity index (χ1) is 8.31. The highest BCUT2D eigenvalue weighted by molar-refractivity contribution is 9.09. The number of alkyl halides is 1. The monoisotopic (exact) mass is 306 g/mol. The molecule has 3 heteroatoms. The van der Waals surface area contributed by atoms with Crippen molar-refractivity contribution in [2.75, 3.05) is 11.9 Å². The zero-order chi connectivity index (χ0) is 12.8. The number of hydrogen-bond acceptors (Lipinski definition) is 2. The Labute approximate surface area is 115 Å². The van der Waals surface area contributed by atoms with Gasteiger partial charge in [-0.05, 0) is 19.3 Å². The summed E-state index contributed by atoms with van der Waals surface area (Å²) in [4.78, 5) is 11.3. The van der Waals surface area contributed by atoms with Crippen molar-refractivity contribution in [3.8, 4) is 0 Å². The van der Waals surface area contributed by atoms with Gasteiger partial charge in [0.2, 0.25) is 0 Å². The summed E-state index contributed by atoms with van der Waals surface area (Å²) in [7, 11) is 0. The van der Waals surface area contributed by atoms with E-state index in [2.05, 4.69) is 22.9 Å². The van der Waals surface area contributed by atoms with E-state index in [1.165, 1.54) is 32.1 Å². The maximum Gasteiger partial charge on any atom is 0.305 e. The zero-order valence-electron chi connectivity index (χ0n) is 11.2. The molecule has 0 saturated heterocycles. The van der Waals surface area contributed by atoms with Gasteiger partial charge in [-0.25, -0.2) is 0 Å². The molecule has 0 aromatic carbocycles. The topological polar surface area (TPSA) is 26.3 Å². The Morgan fingerprint density at radius 2 is 1.59 bits per heavy atom. The third kappa shape index (κ3) is 13.9. The number of halogens is 1. The standard InChI is InChI=1S/C14H27BrO2/c1-2-3-4-5-8-11-14(16)17-13-10-7-6-9-12-15/h2-13H2,1H3. The van der Waals surface area contributed by atoms with Crippen LogP contribution in [-0.4, -0.2) is 17.9 Å². The third-order valence-corrected chi connectivity index (χ3v) is 3.34. The fraction of sp³-hybridized carbons (Fsp3) is 0.929. The Bertz CT molecular complexity index is 172. The van der Waals surface area contributed by atoms with Gasteiger partial charge in [0.05, 0.1) is 6.61 Å². The second-order valence-corrected chi connectivity index (χ2v) is 5.28. The van der Waals surface area contributed by atoms with Crippen molar-refractivity contribution in [2.24, 2.45) is 0 Å². The Balaban J connectivity index is 3.12. The normalized spacial score (nSPS) is 10.5. The van der Waals surface area contributed by atoms with E-state index in [1.54, 1.807) is 0 Å². The van der Waals surface area contributed by atoms with Crippen LogP contribution in [0.1, 0.15) is 71.1 Å². The Morgan fingerprint density at radius 3 is 2.29 bits per heavy atom. The molecule has 0 unspecified atom stereocenters. The molecule has 0 fully saturated rings. The lowest BCUT2D eigenvalue weighted by atomic mass is 10.1. The highest BCUT2D eigenvalue weighted by Gasteiger charge is 2.01. The number of carbonyl (C=O) groups excluding carboxylic acids is 1. The fourth-order valence-electron chi connectivity index (χ4n) is 1.68. The summed E-state index contributed by atoms with van der Waals surface area (Å²) in [5, 5.41) is 1.07. The molecule has 0 aromatic heterocycles. The molecule has 0 radical (unpaired) electrons. The Morgan fingerprint density at radius 1 is 0.941 bits per heavy atom. The van der Waals surface area contributed by atoms with E-state index < -0.39 is 0 Å². The Hall–Kier alpha value is -0.0500. The van der Waals surface area contributed by atoms with Crippen LogP contribution in [-0.2, 0) is 9.53 Å². The number of carbonyl (C=O) groups is 1. The fourth-order valence-corrected chi connectivity index (χ4v) is 2.08. The molecule has 0 rings (SSSR count). The van der Waals surface area contributed by atoms with Gasteiger partial charge in [0.25, 0.3) is 0 Å². The summed E-state index contributed by atoms with van der Waals surface area (Å²) >= 11 is 3.40. The highest BCUT2D eigenvalue weighted by atomic mass is 79.9. The predicted octanol–water partition coefficient (Wildman–Crippen LogP) is 4.85. The largest absolute Gasteiger partial charge is 0.466 e. The van der Waals surface area contributed by atoms with Crippen LogP contribution in [0.2, 0.25) is 0 Å². The van der Waals surface area contributed by atoms with Gasteiger partial charge < -0.3 is 4.74 Å². The van der Waals surface area contributed by atoms with Crippen molar-refractivity contribution in [1.82, 2.24) is 0 Å². The van der Waals surface area contributed by atoms with Crippen LogP contribution in [0.15, 0.2) is 0 Å². The molecular weight excluding hydrogens is 280 g/mol. The minimum absolute atomic E-state index is 0.0120. The van der Waals surface area contributed by atoms with Crippen molar-refractivity contribution in [2.45, 2.75) is 71.1 Å². The summed E-state index contributed by atoms with van der Waals surface area (Å²) in [5.41, 5.74) is 0. The molecule has 2 nitrogen and oxygen atoms in total. The molecule has 0 spiro atoms. The first-order valence-corrected chi connectivity index (χ1v) is 8.15. The summed E-state index contributed by atoms with van der Waals surface area (Å²) in [6, 6.07) is 0. The van der Waals surface area contributed by atoms with Crippen molar-refractivity contribution in [3.63, 3.8) is 0 Å². The quantitative estimate of drug-likeness (QED) is 0.293. The van der Waals surface area contributed by atoms with E-state index in [1.807, 2.05) is 0 Å². The lowest BCUT2D eigenvalue weighted by Crippen LogP contribution is -2.05. The SMILES string of the molecule is CCCCCCCC(=O)OCCCCCCBr. The molecule has 0 saturated carbocycles. The minimum Gasteiger partial charge on any atom is -0.466 e. The Kier molecular flexibility index (Phi) is 14.0. The van der Waals surface area contributed by atoms with E-state index in [4.69, 9.17) is 4.74 Å². The summed E-state index contributed by atoms with van der Waals surface area (Å²) in [6.07, 6.45) is 11.1. The van der Waals surface area contributed by atoms with Crippen LogP contribution < -0.4 is 0 Å². The molecule has 0 aliphatic heterocycles. The predicted molar refractivity (Wildman–Crippen MR) is 76.6 cm³/mol. The summed E-state index contributed by atoms with van der Waals surface area (Å²) < 4.78 is 5.18. The number of unbranched alkanes of at least 4 members (excludes halogenated alkanes) is 7. The van der Waals surface area contributed by atoms with Gasteiger partial charge in [-0.15, -0.1) is 0 Å². The van der Waals surface area contributed by atoms with Gasteiger partial charge in [-0.2, -0.15) is 0 Å². The van der Waals surface area contributed by atoms with Crippen LogP contribution in [0, 0.1) is 0 Å². The van der Waals surface area contributed by atoms with Crippen LogP contribution in [0.4, 0.5) is 0 Å². The van der Waals surface area contributed by atoms with Gasteiger partial charge in [-0.1, -0.05) is 61.4 Å². The molecular formula is C14H27BrO2. The maximum atomic E-state index is 11.3. The number of ether oxygens (including phenoxy) is 1. The molecule has 0 atom stereocenters. The molecule has 0 aliphatic rings. The molecule has 0 bridgehead atoms. The second kappa shape index (κ2) is 14.0. The van der Waals surface area contributed by atoms with E-state index >= 15 is 0 Å². The number of hydrogen-bond donors (Lipinski definition) is 0. The number of esters is 1. The van der Waals surface area contributed by atoms with Crippen LogP contribution in [0.3, 0.4) is 0 Å². The van der Waals surface area contributed by atoms with Crippen LogP contribution in [0.25, 0.3) is 0 Å². The maximum absolute atomic E-state index is 11.3.